The number of halogens is 2. The van der Waals surface area contributed by atoms with Gasteiger partial charge in [-0.1, -0.05) is 49.4 Å². The highest BCUT2D eigenvalue weighted by atomic mass is 19.3. The molecule has 2 N–H and O–H groups in total. The number of hydrogen-bond donors (Lipinski definition) is 2. The molecule has 1 saturated heterocycles. The van der Waals surface area contributed by atoms with Gasteiger partial charge in [0.05, 0.1) is 30.6 Å². The number of piperazine rings is 1. The topological polar surface area (TPSA) is 156 Å². The summed E-state index contributed by atoms with van der Waals surface area (Å²) in [7, 11) is 0. The molecular weight excluding hydrogens is 684 g/mol. The summed E-state index contributed by atoms with van der Waals surface area (Å²) in [5.74, 6) is -2.98. The molecule has 0 radical (unpaired) electrons. The predicted molar refractivity (Wildman–Crippen MR) is 192 cm³/mol. The number of alkyl halides is 2. The van der Waals surface area contributed by atoms with Gasteiger partial charge in [0, 0.05) is 54.8 Å². The molecule has 6 heterocycles. The molecule has 2 aliphatic heterocycles. The van der Waals surface area contributed by atoms with E-state index in [1.807, 2.05) is 37.3 Å². The molecule has 1 unspecified atom stereocenters. The van der Waals surface area contributed by atoms with Gasteiger partial charge in [0.25, 0.3) is 0 Å². The maximum Gasteiger partial charge on any atom is 0.351 e. The second-order valence-corrected chi connectivity index (χ2v) is 13.4. The van der Waals surface area contributed by atoms with E-state index in [9.17, 15) is 15.0 Å². The lowest BCUT2D eigenvalue weighted by atomic mass is 9.80. The van der Waals surface area contributed by atoms with Crippen molar-refractivity contribution in [3.63, 3.8) is 0 Å². The zero-order valence-electron chi connectivity index (χ0n) is 29.0. The van der Waals surface area contributed by atoms with E-state index >= 15 is 8.78 Å². The lowest BCUT2D eigenvalue weighted by Gasteiger charge is -2.39. The van der Waals surface area contributed by atoms with Gasteiger partial charge in [0.1, 0.15) is 17.8 Å². The summed E-state index contributed by atoms with van der Waals surface area (Å²) in [6.07, 6.45) is 4.44. The second kappa shape index (κ2) is 13.3. The quantitative estimate of drug-likeness (QED) is 0.224. The van der Waals surface area contributed by atoms with Crippen molar-refractivity contribution in [2.75, 3.05) is 36.0 Å². The SMILES string of the molecule is CC[C@@H]([C@H](C)O)n1ncn(-c2ccc(N3CCN(c4ccc(-c5ccc(C(F)(F)C6(O)Cn7nnnc7-c7ccccc76)nc5)cc4)CC3)cn2)c1=O. The molecule has 4 aromatic heterocycles. The minimum absolute atomic E-state index is 0.0432. The standard InChI is InChI=1S/C37H37F2N11O3/c1-3-31(24(2)51)50-35(52)48(23-42-50)33-15-13-28(21-41-33)47-18-16-46(17-19-47)27-11-8-25(9-12-27)26-10-14-32(40-20-26)37(38,39)36(53)22-49-34(43-44-45-49)29-6-4-5-7-30(29)36/h4-15,20-21,23-24,31,51,53H,3,16-19,22H2,1-2H3/t24-,31-,36?/m0/s1. The van der Waals surface area contributed by atoms with E-state index in [4.69, 9.17) is 0 Å². The van der Waals surface area contributed by atoms with Gasteiger partial charge in [0.15, 0.2) is 11.4 Å². The molecule has 2 aliphatic rings. The summed E-state index contributed by atoms with van der Waals surface area (Å²) in [6, 6.07) is 20.4. The van der Waals surface area contributed by atoms with Gasteiger partial charge >= 0.3 is 11.6 Å². The zero-order chi connectivity index (χ0) is 36.9. The van der Waals surface area contributed by atoms with Crippen LogP contribution < -0.4 is 15.5 Å². The molecule has 6 aromatic rings. The number of hydrogen-bond acceptors (Lipinski definition) is 11. The number of nitrogens with zero attached hydrogens (tertiary/aromatic N) is 11. The van der Waals surface area contributed by atoms with E-state index < -0.39 is 35.9 Å². The van der Waals surface area contributed by atoms with Gasteiger partial charge in [-0.25, -0.2) is 23.7 Å². The molecule has 0 saturated carbocycles. The Kier molecular flexibility index (Phi) is 8.57. The smallest absolute Gasteiger partial charge is 0.351 e. The molecule has 2 aromatic carbocycles. The van der Waals surface area contributed by atoms with Crippen LogP contribution >= 0.6 is 0 Å². The number of benzene rings is 2. The van der Waals surface area contributed by atoms with E-state index in [1.165, 1.54) is 38.6 Å². The van der Waals surface area contributed by atoms with Crippen LogP contribution in [0, 0.1) is 0 Å². The Morgan fingerprint density at radius 2 is 1.58 bits per heavy atom. The van der Waals surface area contributed by atoms with Crippen LogP contribution in [0.25, 0.3) is 28.3 Å². The molecule has 3 atom stereocenters. The first-order chi connectivity index (χ1) is 25.6. The first-order valence-corrected chi connectivity index (χ1v) is 17.4. The van der Waals surface area contributed by atoms with Gasteiger partial charge in [-0.05, 0) is 59.7 Å². The third-order valence-corrected chi connectivity index (χ3v) is 10.3. The Balaban J connectivity index is 0.912. The summed E-state index contributed by atoms with van der Waals surface area (Å²) in [6.45, 7) is 6.09. The van der Waals surface area contributed by atoms with Gasteiger partial charge in [0.2, 0.25) is 0 Å². The van der Waals surface area contributed by atoms with E-state index in [2.05, 4.69) is 40.4 Å². The average Bonchev–Trinajstić information content (AvgIpc) is 3.82. The molecule has 0 spiro atoms. The van der Waals surface area contributed by atoms with Crippen LogP contribution in [0.15, 0.2) is 96.3 Å². The largest absolute Gasteiger partial charge is 0.391 e. The van der Waals surface area contributed by atoms with Crippen molar-refractivity contribution in [3.8, 4) is 28.3 Å². The van der Waals surface area contributed by atoms with Gasteiger partial charge in [-0.15, -0.1) is 5.10 Å². The summed E-state index contributed by atoms with van der Waals surface area (Å²) in [5, 5.41) is 37.2. The fourth-order valence-corrected chi connectivity index (χ4v) is 7.29. The highest BCUT2D eigenvalue weighted by Gasteiger charge is 2.59. The lowest BCUT2D eigenvalue weighted by Crippen LogP contribution is -2.49. The first-order valence-electron chi connectivity index (χ1n) is 17.4. The number of aliphatic hydroxyl groups excluding tert-OH is 1. The molecule has 1 fully saturated rings. The average molecular weight is 722 g/mol. The van der Waals surface area contributed by atoms with E-state index in [0.29, 0.717) is 29.2 Å². The minimum Gasteiger partial charge on any atom is -0.391 e. The summed E-state index contributed by atoms with van der Waals surface area (Å²) in [5.41, 5.74) is 0.335. The van der Waals surface area contributed by atoms with Gasteiger partial charge < -0.3 is 20.0 Å². The van der Waals surface area contributed by atoms with E-state index in [-0.39, 0.29) is 11.3 Å². The van der Waals surface area contributed by atoms with Crippen molar-refractivity contribution < 1.29 is 19.0 Å². The summed E-state index contributed by atoms with van der Waals surface area (Å²) < 4.78 is 36.2. The number of pyridine rings is 2. The highest BCUT2D eigenvalue weighted by Crippen LogP contribution is 2.50. The molecule has 8 rings (SSSR count). The lowest BCUT2D eigenvalue weighted by molar-refractivity contribution is -0.207. The second-order valence-electron chi connectivity index (χ2n) is 13.4. The molecule has 0 amide bonds. The van der Waals surface area contributed by atoms with Crippen LogP contribution in [0.4, 0.5) is 20.2 Å². The van der Waals surface area contributed by atoms with Crippen LogP contribution in [0.1, 0.15) is 37.6 Å². The van der Waals surface area contributed by atoms with Crippen molar-refractivity contribution >= 4 is 11.4 Å². The number of tetrazole rings is 1. The number of aliphatic hydroxyl groups is 2. The van der Waals surface area contributed by atoms with Crippen LogP contribution in [-0.2, 0) is 18.1 Å². The van der Waals surface area contributed by atoms with Crippen molar-refractivity contribution in [2.45, 2.75) is 50.5 Å². The van der Waals surface area contributed by atoms with Crippen molar-refractivity contribution in [3.05, 3.63) is 113 Å². The van der Waals surface area contributed by atoms with Crippen LogP contribution in [0.2, 0.25) is 0 Å². The summed E-state index contributed by atoms with van der Waals surface area (Å²) >= 11 is 0. The Hall–Kier alpha value is -5.87. The Labute approximate surface area is 302 Å². The number of anilines is 2. The minimum atomic E-state index is -3.75. The number of aromatic nitrogens is 9. The van der Waals surface area contributed by atoms with Crippen molar-refractivity contribution in [1.29, 1.82) is 0 Å². The zero-order valence-corrected chi connectivity index (χ0v) is 29.0. The van der Waals surface area contributed by atoms with E-state index in [1.54, 1.807) is 43.5 Å². The predicted octanol–water partition coefficient (Wildman–Crippen LogP) is 3.80. The normalized spacial score (nSPS) is 18.4. The monoisotopic (exact) mass is 721 g/mol. The third kappa shape index (κ3) is 5.83. The van der Waals surface area contributed by atoms with Crippen molar-refractivity contribution in [1.82, 2.24) is 44.5 Å². The molecule has 16 heteroatoms. The highest BCUT2D eigenvalue weighted by molar-refractivity contribution is 5.67. The maximum atomic E-state index is 16.2. The van der Waals surface area contributed by atoms with Crippen molar-refractivity contribution in [2.24, 2.45) is 0 Å². The fourth-order valence-electron chi connectivity index (χ4n) is 7.29. The molecular formula is C37H37F2N11O3. The molecule has 0 aliphatic carbocycles. The first kappa shape index (κ1) is 34.2. The third-order valence-electron chi connectivity index (χ3n) is 10.3. The fraction of sp³-hybridized carbons (Fsp3) is 0.324. The van der Waals surface area contributed by atoms with Gasteiger partial charge in [-0.2, -0.15) is 13.9 Å². The Bertz CT molecular complexity index is 2280. The Morgan fingerprint density at radius 3 is 2.25 bits per heavy atom. The molecule has 53 heavy (non-hydrogen) atoms. The van der Waals surface area contributed by atoms with Crippen LogP contribution in [0.5, 0.6) is 0 Å². The molecule has 14 nitrogen and oxygen atoms in total. The summed E-state index contributed by atoms with van der Waals surface area (Å²) in [4.78, 5) is 26.1. The number of fused-ring (bicyclic) bond motifs is 3. The van der Waals surface area contributed by atoms with E-state index in [0.717, 1.165) is 43.1 Å². The van der Waals surface area contributed by atoms with Crippen LogP contribution in [-0.4, -0.2) is 87.0 Å². The molecule has 272 valence electrons. The Morgan fingerprint density at radius 1 is 0.887 bits per heavy atom. The maximum absolute atomic E-state index is 16.2. The van der Waals surface area contributed by atoms with Crippen LogP contribution in [0.3, 0.4) is 0 Å². The molecule has 0 bridgehead atoms. The van der Waals surface area contributed by atoms with Gasteiger partial charge in [-0.3, -0.25) is 4.98 Å². The number of rotatable bonds is 9.